The highest BCUT2D eigenvalue weighted by Crippen LogP contribution is 2.26. The van der Waals surface area contributed by atoms with Crippen molar-refractivity contribution in [2.45, 2.75) is 12.5 Å². The van der Waals surface area contributed by atoms with Gasteiger partial charge in [0, 0.05) is 17.6 Å². The van der Waals surface area contributed by atoms with Gasteiger partial charge in [0.05, 0.1) is 6.54 Å². The molecule has 5 heteroatoms. The first kappa shape index (κ1) is 12.8. The Kier molecular flexibility index (Phi) is 4.15. The number of rotatable bonds is 3. The molecule has 0 radical (unpaired) electrons. The predicted molar refractivity (Wildman–Crippen MR) is 66.6 cm³/mol. The third-order valence-electron chi connectivity index (χ3n) is 2.31. The molecule has 1 aromatic carbocycles. The van der Waals surface area contributed by atoms with E-state index >= 15 is 0 Å². The van der Waals surface area contributed by atoms with Crippen molar-refractivity contribution >= 4 is 17.6 Å². The lowest BCUT2D eigenvalue weighted by molar-refractivity contribution is 0.0620. The molecule has 1 aromatic rings. The Morgan fingerprint density at radius 2 is 2.19 bits per heavy atom. The average Bonchev–Trinajstić information content (AvgIpc) is 2.26. The lowest BCUT2D eigenvalue weighted by Crippen LogP contribution is -2.42. The molecular weight excluding hydrogens is 226 g/mol. The molecule has 1 atom stereocenters. The Bertz CT molecular complexity index is 391. The van der Waals surface area contributed by atoms with E-state index in [4.69, 9.17) is 17.3 Å². The fourth-order valence-corrected chi connectivity index (χ4v) is 1.67. The zero-order valence-electron chi connectivity index (χ0n) is 9.37. The number of halogens is 1. The summed E-state index contributed by atoms with van der Waals surface area (Å²) in [5, 5.41) is 13.6. The fourth-order valence-electron chi connectivity index (χ4n) is 1.33. The van der Waals surface area contributed by atoms with Crippen molar-refractivity contribution in [2.24, 2.45) is 10.7 Å². The van der Waals surface area contributed by atoms with E-state index in [1.54, 1.807) is 26.1 Å². The Balaban J connectivity index is 2.82. The van der Waals surface area contributed by atoms with Crippen LogP contribution in [-0.4, -0.2) is 24.7 Å². The molecule has 0 aromatic heterocycles. The zero-order chi connectivity index (χ0) is 12.2. The molecule has 0 saturated heterocycles. The van der Waals surface area contributed by atoms with Crippen LogP contribution in [-0.2, 0) is 5.60 Å². The van der Waals surface area contributed by atoms with Gasteiger partial charge in [-0.3, -0.25) is 4.99 Å². The summed E-state index contributed by atoms with van der Waals surface area (Å²) >= 11 is 6.01. The maximum atomic E-state index is 10.3. The van der Waals surface area contributed by atoms with Crippen molar-refractivity contribution in [2.75, 3.05) is 13.6 Å². The van der Waals surface area contributed by atoms with Gasteiger partial charge in [-0.1, -0.05) is 29.8 Å². The number of benzene rings is 1. The van der Waals surface area contributed by atoms with E-state index in [0.29, 0.717) is 10.6 Å². The minimum atomic E-state index is -1.09. The van der Waals surface area contributed by atoms with E-state index in [1.807, 2.05) is 12.1 Å². The summed E-state index contributed by atoms with van der Waals surface area (Å²) in [7, 11) is 1.58. The van der Waals surface area contributed by atoms with Gasteiger partial charge < -0.3 is 16.2 Å². The molecule has 0 fully saturated rings. The topological polar surface area (TPSA) is 70.6 Å². The first-order chi connectivity index (χ1) is 7.47. The molecule has 0 aliphatic rings. The van der Waals surface area contributed by atoms with E-state index in [-0.39, 0.29) is 12.5 Å². The van der Waals surface area contributed by atoms with Crippen LogP contribution in [0.5, 0.6) is 0 Å². The molecule has 0 amide bonds. The molecule has 0 bridgehead atoms. The van der Waals surface area contributed by atoms with Gasteiger partial charge in [0.15, 0.2) is 5.96 Å². The average molecular weight is 242 g/mol. The van der Waals surface area contributed by atoms with Gasteiger partial charge in [-0.25, -0.2) is 0 Å². The van der Waals surface area contributed by atoms with Crippen LogP contribution in [0.15, 0.2) is 29.3 Å². The normalized spacial score (nSPS) is 15.6. The number of nitrogens with two attached hydrogens (primary N) is 1. The summed E-state index contributed by atoms with van der Waals surface area (Å²) in [5.74, 6) is 0.285. The molecular formula is C11H16ClN3O. The summed E-state index contributed by atoms with van der Waals surface area (Å²) in [6.45, 7) is 1.92. The number of hydrogen-bond acceptors (Lipinski definition) is 2. The highest BCUT2D eigenvalue weighted by molar-refractivity contribution is 6.31. The van der Waals surface area contributed by atoms with Crippen LogP contribution in [0.25, 0.3) is 0 Å². The van der Waals surface area contributed by atoms with Crippen molar-refractivity contribution in [1.29, 1.82) is 0 Å². The second-order valence-corrected chi connectivity index (χ2v) is 4.12. The quantitative estimate of drug-likeness (QED) is 0.548. The lowest BCUT2D eigenvalue weighted by atomic mass is 9.96. The maximum absolute atomic E-state index is 10.3. The Morgan fingerprint density at radius 3 is 2.75 bits per heavy atom. The van der Waals surface area contributed by atoms with Gasteiger partial charge >= 0.3 is 0 Å². The second kappa shape index (κ2) is 5.18. The van der Waals surface area contributed by atoms with E-state index < -0.39 is 5.60 Å². The van der Waals surface area contributed by atoms with Crippen LogP contribution in [0, 0.1) is 0 Å². The van der Waals surface area contributed by atoms with Crippen LogP contribution in [0.2, 0.25) is 5.02 Å². The van der Waals surface area contributed by atoms with E-state index in [1.165, 1.54) is 0 Å². The van der Waals surface area contributed by atoms with Gasteiger partial charge in [-0.2, -0.15) is 0 Å². The molecule has 0 saturated carbocycles. The van der Waals surface area contributed by atoms with Crippen molar-refractivity contribution in [1.82, 2.24) is 5.32 Å². The lowest BCUT2D eigenvalue weighted by Gasteiger charge is -2.25. The van der Waals surface area contributed by atoms with E-state index in [2.05, 4.69) is 10.3 Å². The molecule has 0 heterocycles. The highest BCUT2D eigenvalue weighted by Gasteiger charge is 2.25. The highest BCUT2D eigenvalue weighted by atomic mass is 35.5. The molecule has 4 nitrogen and oxygen atoms in total. The summed E-state index contributed by atoms with van der Waals surface area (Å²) in [6.07, 6.45) is 0. The van der Waals surface area contributed by atoms with Crippen LogP contribution < -0.4 is 11.1 Å². The SMILES string of the molecule is CN=C(N)NCC(C)(O)c1ccccc1Cl. The van der Waals surface area contributed by atoms with Crippen molar-refractivity contribution < 1.29 is 5.11 Å². The van der Waals surface area contributed by atoms with E-state index in [0.717, 1.165) is 0 Å². The summed E-state index contributed by atoms with van der Waals surface area (Å²) in [5.41, 5.74) is 5.06. The fraction of sp³-hybridized carbons (Fsp3) is 0.364. The number of nitrogens with zero attached hydrogens (tertiary/aromatic N) is 1. The van der Waals surface area contributed by atoms with Crippen molar-refractivity contribution in [3.8, 4) is 0 Å². The van der Waals surface area contributed by atoms with Crippen LogP contribution in [0.1, 0.15) is 12.5 Å². The molecule has 4 N–H and O–H groups in total. The Labute approximate surface area is 100 Å². The third-order valence-corrected chi connectivity index (χ3v) is 2.64. The van der Waals surface area contributed by atoms with E-state index in [9.17, 15) is 5.11 Å². The van der Waals surface area contributed by atoms with Crippen LogP contribution >= 0.6 is 11.6 Å². The van der Waals surface area contributed by atoms with Gasteiger partial charge in [0.25, 0.3) is 0 Å². The third kappa shape index (κ3) is 3.12. The number of guanidine groups is 1. The minimum Gasteiger partial charge on any atom is -0.384 e. The smallest absolute Gasteiger partial charge is 0.188 e. The molecule has 1 rings (SSSR count). The summed E-state index contributed by atoms with van der Waals surface area (Å²) < 4.78 is 0. The Hall–Kier alpha value is -1.26. The molecule has 16 heavy (non-hydrogen) atoms. The van der Waals surface area contributed by atoms with Gasteiger partial charge in [-0.05, 0) is 13.0 Å². The standard InChI is InChI=1S/C11H16ClN3O/c1-11(16,7-15-10(13)14-2)8-5-3-4-6-9(8)12/h3-6,16H,7H2,1-2H3,(H3,13,14,15). The van der Waals surface area contributed by atoms with Gasteiger partial charge in [0.2, 0.25) is 0 Å². The van der Waals surface area contributed by atoms with Crippen LogP contribution in [0.4, 0.5) is 0 Å². The van der Waals surface area contributed by atoms with Crippen molar-refractivity contribution in [3.63, 3.8) is 0 Å². The number of aliphatic imine (C=N–C) groups is 1. The first-order valence-electron chi connectivity index (χ1n) is 4.91. The number of nitrogens with one attached hydrogen (secondary N) is 1. The molecule has 0 aliphatic carbocycles. The molecule has 88 valence electrons. The van der Waals surface area contributed by atoms with Crippen LogP contribution in [0.3, 0.4) is 0 Å². The first-order valence-corrected chi connectivity index (χ1v) is 5.28. The van der Waals surface area contributed by atoms with Gasteiger partial charge in [0.1, 0.15) is 5.60 Å². The monoisotopic (exact) mass is 241 g/mol. The molecule has 0 spiro atoms. The largest absolute Gasteiger partial charge is 0.384 e. The second-order valence-electron chi connectivity index (χ2n) is 3.72. The summed E-state index contributed by atoms with van der Waals surface area (Å²) in [4.78, 5) is 3.75. The predicted octanol–water partition coefficient (Wildman–Crippen LogP) is 1.08. The number of aliphatic hydroxyl groups is 1. The minimum absolute atomic E-state index is 0.250. The molecule has 1 unspecified atom stereocenters. The molecule has 0 aliphatic heterocycles. The van der Waals surface area contributed by atoms with Gasteiger partial charge in [-0.15, -0.1) is 0 Å². The Morgan fingerprint density at radius 1 is 1.56 bits per heavy atom. The summed E-state index contributed by atoms with van der Waals surface area (Å²) in [6, 6.07) is 7.16. The van der Waals surface area contributed by atoms with Crippen molar-refractivity contribution in [3.05, 3.63) is 34.9 Å². The maximum Gasteiger partial charge on any atom is 0.188 e. The zero-order valence-corrected chi connectivity index (χ0v) is 10.1. The number of hydrogen-bond donors (Lipinski definition) is 3.